The minimum Gasteiger partial charge on any atom is -0.369 e. The smallest absolute Gasteiger partial charge is 0.248 e. The number of nitriles is 1. The highest BCUT2D eigenvalue weighted by Gasteiger charge is 2.44. The van der Waals surface area contributed by atoms with Crippen LogP contribution in [0.15, 0.2) is 36.4 Å². The number of halogens is 1. The summed E-state index contributed by atoms with van der Waals surface area (Å²) in [6.07, 6.45) is 2.70. The Morgan fingerprint density at radius 1 is 1.11 bits per heavy atom. The minimum absolute atomic E-state index is 0.0104. The molecule has 0 radical (unpaired) electrons. The zero-order valence-corrected chi connectivity index (χ0v) is 19.4. The van der Waals surface area contributed by atoms with Crippen LogP contribution in [0.3, 0.4) is 0 Å². The van der Waals surface area contributed by atoms with Gasteiger partial charge in [-0.1, -0.05) is 12.1 Å². The second-order valence-electron chi connectivity index (χ2n) is 9.11. The number of hydrogen-bond donors (Lipinski definition) is 3. The summed E-state index contributed by atoms with van der Waals surface area (Å²) in [6, 6.07) is 11.0. The number of nitrogens with zero attached hydrogens (tertiary/aromatic N) is 2. The lowest BCUT2D eigenvalue weighted by molar-refractivity contribution is -0.130. The molecule has 3 amide bonds. The van der Waals surface area contributed by atoms with Crippen LogP contribution < -0.4 is 16.8 Å². The van der Waals surface area contributed by atoms with Crippen LogP contribution in [0, 0.1) is 17.1 Å². The summed E-state index contributed by atoms with van der Waals surface area (Å²) in [6.45, 7) is 0.801. The summed E-state index contributed by atoms with van der Waals surface area (Å²) in [7, 11) is 0. The standard InChI is InChI=1S/C26H28FN5O3/c27-19-7-5-16-3-4-17-12-18(24(29)34)6-8-21(17)26(25(30)35,22(16)13-19)9-10-31-15-23(33)32-11-1-2-20(32)14-28/h5-8,12-13,20,31H,1-4,9-11,15H2,(H2,29,34)(H2,30,35)/t20-,26?/m0/s1. The van der Waals surface area contributed by atoms with Gasteiger partial charge in [0.05, 0.1) is 12.6 Å². The normalized spacial score (nSPS) is 20.9. The van der Waals surface area contributed by atoms with Crippen molar-refractivity contribution in [3.63, 3.8) is 0 Å². The van der Waals surface area contributed by atoms with Crippen LogP contribution in [0.25, 0.3) is 0 Å². The maximum atomic E-state index is 14.4. The van der Waals surface area contributed by atoms with E-state index in [1.54, 1.807) is 29.2 Å². The highest BCUT2D eigenvalue weighted by molar-refractivity contribution is 5.95. The van der Waals surface area contributed by atoms with Gasteiger partial charge in [-0.2, -0.15) is 5.26 Å². The van der Waals surface area contributed by atoms with Crippen molar-refractivity contribution in [2.75, 3.05) is 19.6 Å². The average molecular weight is 478 g/mol. The Bertz CT molecular complexity index is 1220. The van der Waals surface area contributed by atoms with Crippen molar-refractivity contribution in [3.05, 3.63) is 70.0 Å². The van der Waals surface area contributed by atoms with Gasteiger partial charge in [-0.05, 0) is 85.2 Å². The average Bonchev–Trinajstić information content (AvgIpc) is 3.27. The number of carbonyl (C=O) groups excluding carboxylic acids is 3. The van der Waals surface area contributed by atoms with Crippen molar-refractivity contribution in [2.45, 2.75) is 43.6 Å². The number of fused-ring (bicyclic) bond motifs is 2. The van der Waals surface area contributed by atoms with Gasteiger partial charge in [0.1, 0.15) is 17.3 Å². The van der Waals surface area contributed by atoms with E-state index in [2.05, 4.69) is 11.4 Å². The van der Waals surface area contributed by atoms with Crippen molar-refractivity contribution >= 4 is 17.7 Å². The van der Waals surface area contributed by atoms with Crippen molar-refractivity contribution in [2.24, 2.45) is 11.5 Å². The Morgan fingerprint density at radius 3 is 2.60 bits per heavy atom. The molecule has 1 heterocycles. The number of aryl methyl sites for hydroxylation is 2. The van der Waals surface area contributed by atoms with E-state index < -0.39 is 29.1 Å². The van der Waals surface area contributed by atoms with Crippen molar-refractivity contribution in [1.82, 2.24) is 10.2 Å². The molecule has 2 aliphatic rings. The molecule has 4 rings (SSSR count). The molecule has 8 nitrogen and oxygen atoms in total. The highest BCUT2D eigenvalue weighted by Crippen LogP contribution is 2.42. The molecule has 0 bridgehead atoms. The molecule has 5 N–H and O–H groups in total. The van der Waals surface area contributed by atoms with Crippen LogP contribution >= 0.6 is 0 Å². The molecule has 9 heteroatoms. The second-order valence-corrected chi connectivity index (χ2v) is 9.11. The minimum atomic E-state index is -1.36. The lowest BCUT2D eigenvalue weighted by Gasteiger charge is -2.34. The summed E-state index contributed by atoms with van der Waals surface area (Å²) in [5.41, 5.74) is 13.1. The van der Waals surface area contributed by atoms with E-state index in [1.807, 2.05) is 0 Å². The molecule has 2 aromatic carbocycles. The van der Waals surface area contributed by atoms with Crippen molar-refractivity contribution < 1.29 is 18.8 Å². The lowest BCUT2D eigenvalue weighted by Crippen LogP contribution is -2.46. The van der Waals surface area contributed by atoms with E-state index in [0.717, 1.165) is 17.5 Å². The van der Waals surface area contributed by atoms with Crippen molar-refractivity contribution in [1.29, 1.82) is 5.26 Å². The van der Waals surface area contributed by atoms with Crippen LogP contribution in [0.2, 0.25) is 0 Å². The number of primary amides is 2. The number of nitrogens with one attached hydrogen (secondary N) is 1. The maximum Gasteiger partial charge on any atom is 0.248 e. The number of hydrogen-bond acceptors (Lipinski definition) is 5. The van der Waals surface area contributed by atoms with Crippen LogP contribution in [0.4, 0.5) is 4.39 Å². The van der Waals surface area contributed by atoms with Crippen LogP contribution in [0.5, 0.6) is 0 Å². The van der Waals surface area contributed by atoms with Gasteiger partial charge in [0.2, 0.25) is 17.7 Å². The lowest BCUT2D eigenvalue weighted by atomic mass is 9.69. The largest absolute Gasteiger partial charge is 0.369 e. The van der Waals surface area contributed by atoms with Gasteiger partial charge in [0, 0.05) is 12.1 Å². The molecule has 2 atom stereocenters. The number of benzene rings is 2. The van der Waals surface area contributed by atoms with E-state index >= 15 is 0 Å². The molecular formula is C26H28FN5O3. The highest BCUT2D eigenvalue weighted by atomic mass is 19.1. The quantitative estimate of drug-likeness (QED) is 0.515. The molecule has 1 saturated heterocycles. The monoisotopic (exact) mass is 477 g/mol. The molecule has 0 saturated carbocycles. The first-order chi connectivity index (χ1) is 16.8. The molecule has 1 fully saturated rings. The fourth-order valence-electron chi connectivity index (χ4n) is 5.38. The van der Waals surface area contributed by atoms with Gasteiger partial charge in [0.15, 0.2) is 0 Å². The summed E-state index contributed by atoms with van der Waals surface area (Å²) in [4.78, 5) is 39.1. The van der Waals surface area contributed by atoms with Crippen LogP contribution in [-0.2, 0) is 27.8 Å². The predicted octanol–water partition coefficient (Wildman–Crippen LogP) is 1.29. The number of rotatable bonds is 7. The van der Waals surface area contributed by atoms with E-state index in [0.29, 0.717) is 42.5 Å². The summed E-state index contributed by atoms with van der Waals surface area (Å²) in [5.74, 6) is -1.88. The Hall–Kier alpha value is -3.77. The SMILES string of the molecule is N#C[C@@H]1CCCN1C(=O)CNCCC1(C(N)=O)c2ccc(C(N)=O)cc2CCc2ccc(F)cc21. The maximum absolute atomic E-state index is 14.4. The van der Waals surface area contributed by atoms with Gasteiger partial charge < -0.3 is 21.7 Å². The molecule has 35 heavy (non-hydrogen) atoms. The van der Waals surface area contributed by atoms with E-state index in [-0.39, 0.29) is 25.4 Å². The van der Waals surface area contributed by atoms with E-state index in [4.69, 9.17) is 11.5 Å². The van der Waals surface area contributed by atoms with E-state index in [9.17, 15) is 24.0 Å². The predicted molar refractivity (Wildman–Crippen MR) is 127 cm³/mol. The second kappa shape index (κ2) is 9.84. The van der Waals surface area contributed by atoms with Crippen LogP contribution in [-0.4, -0.2) is 48.3 Å². The Kier molecular flexibility index (Phi) is 6.85. The zero-order valence-electron chi connectivity index (χ0n) is 19.4. The summed E-state index contributed by atoms with van der Waals surface area (Å²) < 4.78 is 14.4. The third-order valence-electron chi connectivity index (χ3n) is 7.14. The Morgan fingerprint density at radius 2 is 1.89 bits per heavy atom. The zero-order chi connectivity index (χ0) is 25.2. The van der Waals surface area contributed by atoms with Gasteiger partial charge in [-0.25, -0.2) is 4.39 Å². The molecule has 182 valence electrons. The summed E-state index contributed by atoms with van der Waals surface area (Å²) >= 11 is 0. The number of likely N-dealkylation sites (tertiary alicyclic amines) is 1. The first kappa shape index (κ1) is 24.4. The van der Waals surface area contributed by atoms with Gasteiger partial charge in [-0.15, -0.1) is 0 Å². The first-order valence-electron chi connectivity index (χ1n) is 11.7. The van der Waals surface area contributed by atoms with E-state index in [1.165, 1.54) is 12.1 Å². The van der Waals surface area contributed by atoms with Crippen molar-refractivity contribution in [3.8, 4) is 6.07 Å². The number of nitrogens with two attached hydrogens (primary N) is 2. The molecule has 1 aliphatic carbocycles. The van der Waals surface area contributed by atoms with Gasteiger partial charge in [0.25, 0.3) is 0 Å². The molecule has 0 aromatic heterocycles. The molecule has 0 spiro atoms. The van der Waals surface area contributed by atoms with Gasteiger partial charge in [-0.3, -0.25) is 14.4 Å². The fourth-order valence-corrected chi connectivity index (χ4v) is 5.38. The topological polar surface area (TPSA) is 142 Å². The van der Waals surface area contributed by atoms with Gasteiger partial charge >= 0.3 is 0 Å². The molecule has 2 aromatic rings. The van der Waals surface area contributed by atoms with Crippen LogP contribution in [0.1, 0.15) is 51.9 Å². The molecule has 1 aliphatic heterocycles. The third kappa shape index (κ3) is 4.49. The third-order valence-corrected chi connectivity index (χ3v) is 7.14. The molecule has 1 unspecified atom stereocenters. The number of carbonyl (C=O) groups is 3. The summed E-state index contributed by atoms with van der Waals surface area (Å²) in [5, 5.41) is 12.3. The molecular weight excluding hydrogens is 449 g/mol. The number of amides is 3. The fraction of sp³-hybridized carbons (Fsp3) is 0.385. The first-order valence-corrected chi connectivity index (χ1v) is 11.7. The Balaban J connectivity index is 1.66. The Labute approximate surface area is 203 Å².